The Kier molecular flexibility index (Phi) is 2.37. The van der Waals surface area contributed by atoms with Crippen molar-refractivity contribution in [2.45, 2.75) is 0 Å². The summed E-state index contributed by atoms with van der Waals surface area (Å²) < 4.78 is 5.97. The van der Waals surface area contributed by atoms with Gasteiger partial charge < -0.3 is 4.74 Å². The molecule has 1 heterocycles. The first-order valence-corrected chi connectivity index (χ1v) is 4.93. The molecule has 0 saturated carbocycles. The number of hydrogen-bond donors (Lipinski definition) is 0. The van der Waals surface area contributed by atoms with Crippen LogP contribution in [0.5, 0.6) is 0 Å². The van der Waals surface area contributed by atoms with Crippen LogP contribution in [0.3, 0.4) is 0 Å². The van der Waals surface area contributed by atoms with Gasteiger partial charge in [-0.05, 0) is 39.7 Å². The van der Waals surface area contributed by atoms with Crippen LogP contribution >= 0.6 is 15.9 Å². The van der Waals surface area contributed by atoms with Gasteiger partial charge in [-0.3, -0.25) is 4.79 Å². The van der Waals surface area contributed by atoms with Crippen LogP contribution in [0.1, 0.15) is 0 Å². The van der Waals surface area contributed by atoms with Gasteiger partial charge in [0.1, 0.15) is 5.76 Å². The van der Waals surface area contributed by atoms with E-state index in [9.17, 15) is 4.79 Å². The van der Waals surface area contributed by atoms with Gasteiger partial charge in [0.25, 0.3) is 5.91 Å². The molecule has 4 heteroatoms. The summed E-state index contributed by atoms with van der Waals surface area (Å²) in [5.41, 5.74) is 0.942. The number of fused-ring (bicyclic) bond motifs is 1. The molecule has 1 amide bonds. The number of halogens is 1. The fourth-order valence-corrected chi connectivity index (χ4v) is 2.00. The topological polar surface area (TPSA) is 38.7 Å². The highest BCUT2D eigenvalue weighted by Crippen LogP contribution is 2.32. The second-order valence-electron chi connectivity index (χ2n) is 2.99. The average molecular weight is 254 g/mol. The third-order valence-electron chi connectivity index (χ3n) is 2.16. The lowest BCUT2D eigenvalue weighted by atomic mass is 9.91. The molecule has 0 aromatic carbocycles. The van der Waals surface area contributed by atoms with Gasteiger partial charge in [-0.1, -0.05) is 0 Å². The average Bonchev–Trinajstić information content (AvgIpc) is 2.17. The predicted octanol–water partition coefficient (Wildman–Crippen LogP) is 1.96. The fraction of sp³-hybridized carbons (Fsp3) is 0.200. The Morgan fingerprint density at radius 3 is 3.07 bits per heavy atom. The molecule has 2 aliphatic rings. The van der Waals surface area contributed by atoms with Crippen LogP contribution in [0.25, 0.3) is 0 Å². The summed E-state index contributed by atoms with van der Waals surface area (Å²) in [6.45, 7) is 0. The Bertz CT molecular complexity index is 404. The van der Waals surface area contributed by atoms with Crippen molar-refractivity contribution in [1.82, 2.24) is 0 Å². The number of ether oxygens (including phenoxy) is 1. The molecule has 72 valence electrons. The van der Waals surface area contributed by atoms with Crippen LogP contribution in [-0.2, 0) is 9.53 Å². The molecule has 0 aromatic heterocycles. The number of methoxy groups -OCH3 is 1. The van der Waals surface area contributed by atoms with Gasteiger partial charge in [0.15, 0.2) is 0 Å². The predicted molar refractivity (Wildman–Crippen MR) is 57.2 cm³/mol. The normalized spacial score (nSPS) is 24.9. The van der Waals surface area contributed by atoms with E-state index in [1.165, 1.54) is 6.21 Å². The summed E-state index contributed by atoms with van der Waals surface area (Å²) in [6.07, 6.45) is 7.01. The van der Waals surface area contributed by atoms with Gasteiger partial charge in [-0.2, -0.15) is 0 Å². The summed E-state index contributed by atoms with van der Waals surface area (Å²) in [7, 11) is 1.58. The second-order valence-corrected chi connectivity index (χ2v) is 3.84. The maximum absolute atomic E-state index is 11.4. The lowest BCUT2D eigenvalue weighted by Crippen LogP contribution is -2.18. The standard InChI is InChI=1S/C10H8BrNO2/c1-14-9-5-7-6(4-8(9)11)2-3-12-10(7)13/h2-5,7H,1H3. The molecule has 0 N–H and O–H groups in total. The minimum Gasteiger partial charge on any atom is -0.496 e. The molecule has 3 nitrogen and oxygen atoms in total. The van der Waals surface area contributed by atoms with Crippen LogP contribution in [0, 0.1) is 5.92 Å². The zero-order chi connectivity index (χ0) is 10.1. The van der Waals surface area contributed by atoms with Crippen molar-refractivity contribution in [3.8, 4) is 0 Å². The van der Waals surface area contributed by atoms with Crippen molar-refractivity contribution < 1.29 is 9.53 Å². The molecule has 14 heavy (non-hydrogen) atoms. The van der Waals surface area contributed by atoms with E-state index in [1.807, 2.05) is 12.2 Å². The lowest BCUT2D eigenvalue weighted by Gasteiger charge is -2.20. The summed E-state index contributed by atoms with van der Waals surface area (Å²) >= 11 is 3.37. The molecule has 0 fully saturated rings. The van der Waals surface area contributed by atoms with E-state index in [-0.39, 0.29) is 11.8 Å². The maximum Gasteiger partial charge on any atom is 0.257 e. The summed E-state index contributed by atoms with van der Waals surface area (Å²) in [5, 5.41) is 0. The van der Waals surface area contributed by atoms with Crippen LogP contribution in [0.2, 0.25) is 0 Å². The molecule has 2 rings (SSSR count). The zero-order valence-corrected chi connectivity index (χ0v) is 9.11. The number of aliphatic imine (C=N–C) groups is 1. The third-order valence-corrected chi connectivity index (χ3v) is 2.78. The summed E-state index contributed by atoms with van der Waals surface area (Å²) in [5.74, 6) is 0.252. The van der Waals surface area contributed by atoms with E-state index in [0.717, 1.165) is 10.1 Å². The largest absolute Gasteiger partial charge is 0.496 e. The Hall–Kier alpha value is -1.16. The van der Waals surface area contributed by atoms with E-state index < -0.39 is 0 Å². The minimum absolute atomic E-state index is 0.145. The first-order valence-electron chi connectivity index (χ1n) is 4.14. The van der Waals surface area contributed by atoms with Crippen molar-refractivity contribution >= 4 is 28.1 Å². The summed E-state index contributed by atoms with van der Waals surface area (Å²) in [4.78, 5) is 15.1. The minimum atomic E-state index is -0.281. The molecule has 0 aromatic rings. The van der Waals surface area contributed by atoms with Crippen molar-refractivity contribution in [1.29, 1.82) is 0 Å². The fourth-order valence-electron chi connectivity index (χ4n) is 1.44. The number of amides is 1. The number of hydrogen-bond acceptors (Lipinski definition) is 2. The van der Waals surface area contributed by atoms with Crippen molar-refractivity contribution in [3.63, 3.8) is 0 Å². The first-order chi connectivity index (χ1) is 6.72. The molecule has 1 aliphatic carbocycles. The monoisotopic (exact) mass is 253 g/mol. The van der Waals surface area contributed by atoms with Crippen LogP contribution in [0.15, 0.2) is 39.0 Å². The zero-order valence-electron chi connectivity index (χ0n) is 7.53. The Morgan fingerprint density at radius 1 is 1.57 bits per heavy atom. The van der Waals surface area contributed by atoms with Gasteiger partial charge in [-0.25, -0.2) is 4.99 Å². The molecule has 1 aliphatic heterocycles. The van der Waals surface area contributed by atoms with Gasteiger partial charge >= 0.3 is 0 Å². The highest BCUT2D eigenvalue weighted by molar-refractivity contribution is 9.12. The number of nitrogens with zero attached hydrogens (tertiary/aromatic N) is 1. The van der Waals surface area contributed by atoms with Gasteiger partial charge in [0.05, 0.1) is 17.5 Å². The molecule has 0 saturated heterocycles. The van der Waals surface area contributed by atoms with Crippen molar-refractivity contribution in [2.75, 3.05) is 7.11 Å². The van der Waals surface area contributed by atoms with Gasteiger partial charge in [0, 0.05) is 6.21 Å². The van der Waals surface area contributed by atoms with Crippen molar-refractivity contribution in [2.24, 2.45) is 10.9 Å². The number of carbonyl (C=O) groups is 1. The SMILES string of the molecule is COC1=CC2C(=O)N=CC=C2C=C1Br. The molecular weight excluding hydrogens is 246 g/mol. The molecule has 0 bridgehead atoms. The first kappa shape index (κ1) is 9.40. The van der Waals surface area contributed by atoms with Gasteiger partial charge in [-0.15, -0.1) is 0 Å². The molecule has 0 radical (unpaired) electrons. The number of rotatable bonds is 1. The highest BCUT2D eigenvalue weighted by Gasteiger charge is 2.26. The van der Waals surface area contributed by atoms with E-state index in [4.69, 9.17) is 4.74 Å². The van der Waals surface area contributed by atoms with Crippen LogP contribution < -0.4 is 0 Å². The van der Waals surface area contributed by atoms with Gasteiger partial charge in [0.2, 0.25) is 0 Å². The molecule has 1 atom stereocenters. The second kappa shape index (κ2) is 3.53. The Labute approximate surface area is 90.0 Å². The van der Waals surface area contributed by atoms with E-state index in [0.29, 0.717) is 5.76 Å². The number of dihydropyridines is 1. The van der Waals surface area contributed by atoms with Crippen LogP contribution in [-0.4, -0.2) is 19.2 Å². The van der Waals surface area contributed by atoms with E-state index in [1.54, 1.807) is 13.2 Å². The Morgan fingerprint density at radius 2 is 2.36 bits per heavy atom. The Balaban J connectivity index is 2.43. The quantitative estimate of drug-likeness (QED) is 0.717. The summed E-state index contributed by atoms with van der Waals surface area (Å²) in [6, 6.07) is 0. The third kappa shape index (κ3) is 1.46. The maximum atomic E-state index is 11.4. The molecular formula is C10H8BrNO2. The highest BCUT2D eigenvalue weighted by atomic mass is 79.9. The lowest BCUT2D eigenvalue weighted by molar-refractivity contribution is -0.119. The van der Waals surface area contributed by atoms with E-state index in [2.05, 4.69) is 20.9 Å². The van der Waals surface area contributed by atoms with Crippen LogP contribution in [0.4, 0.5) is 0 Å². The van der Waals surface area contributed by atoms with Crippen molar-refractivity contribution in [3.05, 3.63) is 34.0 Å². The number of allylic oxidation sites excluding steroid dienone is 3. The molecule has 1 unspecified atom stereocenters. The molecule has 0 spiro atoms. The smallest absolute Gasteiger partial charge is 0.257 e. The van der Waals surface area contributed by atoms with E-state index >= 15 is 0 Å². The number of carbonyl (C=O) groups excluding carboxylic acids is 1.